The molecule has 0 radical (unpaired) electrons. The molecule has 0 aliphatic carbocycles. The largest absolute Gasteiger partial charge is 0.468 e. The first-order valence-corrected chi connectivity index (χ1v) is 8.84. The average molecular weight is 330 g/mol. The molecule has 2 aliphatic rings. The fourth-order valence-electron chi connectivity index (χ4n) is 4.13. The van der Waals surface area contributed by atoms with Gasteiger partial charge in [0.05, 0.1) is 31.5 Å². The minimum Gasteiger partial charge on any atom is -0.468 e. The Kier molecular flexibility index (Phi) is 4.48. The van der Waals surface area contributed by atoms with Crippen LogP contribution in [-0.2, 0) is 17.8 Å². The zero-order valence-electron chi connectivity index (χ0n) is 14.5. The van der Waals surface area contributed by atoms with Crippen molar-refractivity contribution in [3.05, 3.63) is 47.8 Å². The SMILES string of the molecule is Cc1ccc(CN2C[C@@H](N(C)Cc3ccco3)[C@H]3OCCC[C@H]32)o1. The van der Waals surface area contributed by atoms with Crippen molar-refractivity contribution < 1.29 is 13.6 Å². The number of aryl methyl sites for hydroxylation is 1. The summed E-state index contributed by atoms with van der Waals surface area (Å²) in [5.41, 5.74) is 0. The molecule has 2 saturated heterocycles. The van der Waals surface area contributed by atoms with Gasteiger partial charge in [-0.15, -0.1) is 0 Å². The Morgan fingerprint density at radius 1 is 1.25 bits per heavy atom. The molecule has 0 bridgehead atoms. The molecule has 24 heavy (non-hydrogen) atoms. The van der Waals surface area contributed by atoms with Gasteiger partial charge < -0.3 is 13.6 Å². The Labute approximate surface area is 143 Å². The van der Waals surface area contributed by atoms with Crippen LogP contribution in [0.3, 0.4) is 0 Å². The van der Waals surface area contributed by atoms with Crippen LogP contribution in [0.15, 0.2) is 39.4 Å². The van der Waals surface area contributed by atoms with Crippen LogP contribution in [0.5, 0.6) is 0 Å². The van der Waals surface area contributed by atoms with E-state index in [1.807, 2.05) is 25.1 Å². The van der Waals surface area contributed by atoms with Crippen molar-refractivity contribution >= 4 is 0 Å². The minimum atomic E-state index is 0.273. The van der Waals surface area contributed by atoms with E-state index < -0.39 is 0 Å². The highest BCUT2D eigenvalue weighted by atomic mass is 16.5. The second-order valence-corrected chi connectivity index (χ2v) is 7.05. The first kappa shape index (κ1) is 15.9. The third-order valence-electron chi connectivity index (χ3n) is 5.31. The molecule has 0 aromatic carbocycles. The summed E-state index contributed by atoms with van der Waals surface area (Å²) in [6, 6.07) is 8.98. The third-order valence-corrected chi connectivity index (χ3v) is 5.31. The maximum Gasteiger partial charge on any atom is 0.118 e. The predicted molar refractivity (Wildman–Crippen MR) is 90.6 cm³/mol. The number of nitrogens with zero attached hydrogens (tertiary/aromatic N) is 2. The molecule has 2 aromatic heterocycles. The summed E-state index contributed by atoms with van der Waals surface area (Å²) in [6.07, 6.45) is 4.36. The molecule has 0 N–H and O–H groups in total. The van der Waals surface area contributed by atoms with Crippen molar-refractivity contribution in [2.75, 3.05) is 20.2 Å². The van der Waals surface area contributed by atoms with Gasteiger partial charge in [0.1, 0.15) is 17.3 Å². The lowest BCUT2D eigenvalue weighted by Gasteiger charge is -2.34. The van der Waals surface area contributed by atoms with E-state index in [0.717, 1.165) is 49.9 Å². The summed E-state index contributed by atoms with van der Waals surface area (Å²) in [7, 11) is 2.17. The fraction of sp³-hybridized carbons (Fsp3) is 0.579. The van der Waals surface area contributed by atoms with Gasteiger partial charge in [-0.3, -0.25) is 9.80 Å². The molecule has 2 aromatic rings. The molecular formula is C19H26N2O3. The number of rotatable bonds is 5. The number of hydrogen-bond donors (Lipinski definition) is 0. The summed E-state index contributed by atoms with van der Waals surface area (Å²) >= 11 is 0. The van der Waals surface area contributed by atoms with E-state index in [1.54, 1.807) is 6.26 Å². The first-order chi connectivity index (χ1) is 11.7. The first-order valence-electron chi connectivity index (χ1n) is 8.84. The van der Waals surface area contributed by atoms with Gasteiger partial charge in [0.2, 0.25) is 0 Å². The molecule has 0 spiro atoms. The van der Waals surface area contributed by atoms with Gasteiger partial charge in [0.15, 0.2) is 0 Å². The smallest absolute Gasteiger partial charge is 0.118 e. The van der Waals surface area contributed by atoms with Crippen molar-refractivity contribution in [1.82, 2.24) is 9.80 Å². The molecule has 130 valence electrons. The van der Waals surface area contributed by atoms with Crippen LogP contribution in [0, 0.1) is 6.92 Å². The van der Waals surface area contributed by atoms with Gasteiger partial charge in [-0.2, -0.15) is 0 Å². The second-order valence-electron chi connectivity index (χ2n) is 7.05. The summed E-state index contributed by atoms with van der Waals surface area (Å²) in [5.74, 6) is 3.03. The van der Waals surface area contributed by atoms with Crippen LogP contribution < -0.4 is 0 Å². The van der Waals surface area contributed by atoms with Crippen molar-refractivity contribution in [1.29, 1.82) is 0 Å². The van der Waals surface area contributed by atoms with Crippen LogP contribution >= 0.6 is 0 Å². The van der Waals surface area contributed by atoms with Crippen LogP contribution in [-0.4, -0.2) is 48.2 Å². The summed E-state index contributed by atoms with van der Waals surface area (Å²) in [4.78, 5) is 4.90. The topological polar surface area (TPSA) is 42.0 Å². The van der Waals surface area contributed by atoms with E-state index in [9.17, 15) is 0 Å². The van der Waals surface area contributed by atoms with Crippen molar-refractivity contribution in [2.24, 2.45) is 0 Å². The fourth-order valence-corrected chi connectivity index (χ4v) is 4.13. The highest BCUT2D eigenvalue weighted by molar-refractivity contribution is 5.09. The maximum absolute atomic E-state index is 6.18. The zero-order chi connectivity index (χ0) is 16.5. The molecule has 5 nitrogen and oxygen atoms in total. The summed E-state index contributed by atoms with van der Waals surface area (Å²) in [5, 5.41) is 0. The van der Waals surface area contributed by atoms with Crippen LogP contribution in [0.1, 0.15) is 30.1 Å². The quantitative estimate of drug-likeness (QED) is 0.843. The highest BCUT2D eigenvalue weighted by Crippen LogP contribution is 2.33. The molecule has 4 heterocycles. The molecule has 4 rings (SSSR count). The van der Waals surface area contributed by atoms with Gasteiger partial charge in [-0.25, -0.2) is 0 Å². The van der Waals surface area contributed by atoms with Crippen molar-refractivity contribution in [3.8, 4) is 0 Å². The van der Waals surface area contributed by atoms with E-state index in [1.165, 1.54) is 6.42 Å². The Morgan fingerprint density at radius 3 is 2.92 bits per heavy atom. The standard InChI is InChI=1S/C19H26N2O3/c1-14-7-8-16(24-14)12-21-13-18(19-17(21)6-4-10-23-19)20(2)11-15-5-3-9-22-15/h3,5,7-9,17-19H,4,6,10-13H2,1-2H3/t17-,18-,19+/m1/s1. The molecule has 2 fully saturated rings. The monoisotopic (exact) mass is 330 g/mol. The minimum absolute atomic E-state index is 0.273. The molecule has 3 atom stereocenters. The van der Waals surface area contributed by atoms with E-state index in [0.29, 0.717) is 12.1 Å². The average Bonchev–Trinajstić information content (AvgIpc) is 3.29. The van der Waals surface area contributed by atoms with E-state index in [-0.39, 0.29) is 6.10 Å². The molecule has 0 amide bonds. The Hall–Kier alpha value is -1.56. The molecule has 0 unspecified atom stereocenters. The summed E-state index contributed by atoms with van der Waals surface area (Å²) in [6.45, 7) is 5.56. The number of likely N-dealkylation sites (N-methyl/N-ethyl adjacent to an activating group) is 1. The van der Waals surface area contributed by atoms with Gasteiger partial charge in [-0.05, 0) is 51.1 Å². The highest BCUT2D eigenvalue weighted by Gasteiger charge is 2.45. The predicted octanol–water partition coefficient (Wildman–Crippen LogP) is 3.04. The van der Waals surface area contributed by atoms with Crippen LogP contribution in [0.25, 0.3) is 0 Å². The van der Waals surface area contributed by atoms with Gasteiger partial charge in [-0.1, -0.05) is 0 Å². The molecule has 0 saturated carbocycles. The lowest BCUT2D eigenvalue weighted by Crippen LogP contribution is -2.46. The van der Waals surface area contributed by atoms with Gasteiger partial charge in [0.25, 0.3) is 0 Å². The summed E-state index contributed by atoms with van der Waals surface area (Å²) < 4.78 is 17.5. The van der Waals surface area contributed by atoms with E-state index in [2.05, 4.69) is 22.9 Å². The second kappa shape index (κ2) is 6.75. The Morgan fingerprint density at radius 2 is 2.17 bits per heavy atom. The lowest BCUT2D eigenvalue weighted by atomic mass is 10.00. The molecule has 2 aliphatic heterocycles. The number of ether oxygens (including phenoxy) is 1. The Bertz CT molecular complexity index is 651. The van der Waals surface area contributed by atoms with E-state index in [4.69, 9.17) is 13.6 Å². The Balaban J connectivity index is 1.48. The number of fused-ring (bicyclic) bond motifs is 1. The third kappa shape index (κ3) is 3.16. The normalized spacial score (nSPS) is 27.7. The number of hydrogen-bond acceptors (Lipinski definition) is 5. The number of likely N-dealkylation sites (tertiary alicyclic amines) is 1. The number of furan rings is 2. The van der Waals surface area contributed by atoms with Crippen LogP contribution in [0.2, 0.25) is 0 Å². The van der Waals surface area contributed by atoms with Crippen molar-refractivity contribution in [2.45, 2.75) is 51.0 Å². The van der Waals surface area contributed by atoms with Gasteiger partial charge in [0, 0.05) is 19.2 Å². The lowest BCUT2D eigenvalue weighted by molar-refractivity contribution is -0.0396. The van der Waals surface area contributed by atoms with E-state index >= 15 is 0 Å². The van der Waals surface area contributed by atoms with Crippen molar-refractivity contribution in [3.63, 3.8) is 0 Å². The maximum atomic E-state index is 6.18. The molecular weight excluding hydrogens is 304 g/mol. The molecule has 5 heteroatoms. The van der Waals surface area contributed by atoms with Gasteiger partial charge >= 0.3 is 0 Å². The van der Waals surface area contributed by atoms with Crippen LogP contribution in [0.4, 0.5) is 0 Å². The zero-order valence-corrected chi connectivity index (χ0v) is 14.5.